The van der Waals surface area contributed by atoms with Crippen molar-refractivity contribution in [3.05, 3.63) is 35.1 Å². The summed E-state index contributed by atoms with van der Waals surface area (Å²) >= 11 is 0. The van der Waals surface area contributed by atoms with E-state index in [2.05, 4.69) is 0 Å². The highest BCUT2D eigenvalue weighted by Crippen LogP contribution is 2.22. The number of nitrogens with zero attached hydrogens (tertiary/aromatic N) is 1. The number of aliphatic hydroxyl groups is 1. The molecule has 104 valence electrons. The van der Waals surface area contributed by atoms with Crippen molar-refractivity contribution in [3.8, 4) is 0 Å². The summed E-state index contributed by atoms with van der Waals surface area (Å²) in [6.45, 7) is 2.55. The van der Waals surface area contributed by atoms with Gasteiger partial charge in [-0.3, -0.25) is 4.79 Å². The molecule has 0 bridgehead atoms. The number of aryl methyl sites for hydroxylation is 1. The predicted molar refractivity (Wildman–Crippen MR) is 71.5 cm³/mol. The Kier molecular flexibility index (Phi) is 4.53. The van der Waals surface area contributed by atoms with Gasteiger partial charge in [-0.2, -0.15) is 0 Å². The average molecular weight is 265 g/mol. The lowest BCUT2D eigenvalue weighted by atomic mass is 9.98. The quantitative estimate of drug-likeness (QED) is 0.912. The second-order valence-electron chi connectivity index (χ2n) is 5.18. The lowest BCUT2D eigenvalue weighted by Crippen LogP contribution is -2.44. The number of halogens is 1. The van der Waals surface area contributed by atoms with E-state index in [0.717, 1.165) is 24.8 Å². The summed E-state index contributed by atoms with van der Waals surface area (Å²) in [4.78, 5) is 14.3. The van der Waals surface area contributed by atoms with Crippen LogP contribution in [-0.2, 0) is 0 Å². The standard InChI is InChI=1S/C15H20FNO2/c1-11-8-12(10-13(16)9-11)15(19)17-6-3-2-4-14(17)5-7-18/h8-10,14,18H,2-7H2,1H3. The highest BCUT2D eigenvalue weighted by atomic mass is 19.1. The highest BCUT2D eigenvalue weighted by molar-refractivity contribution is 5.94. The van der Waals surface area contributed by atoms with E-state index in [4.69, 9.17) is 5.11 Å². The molecular weight excluding hydrogens is 245 g/mol. The van der Waals surface area contributed by atoms with E-state index in [1.807, 2.05) is 0 Å². The van der Waals surface area contributed by atoms with Crippen molar-refractivity contribution in [2.75, 3.05) is 13.2 Å². The molecule has 1 heterocycles. The summed E-state index contributed by atoms with van der Waals surface area (Å²) in [7, 11) is 0. The second-order valence-corrected chi connectivity index (χ2v) is 5.18. The molecular formula is C15H20FNO2. The molecule has 1 aromatic carbocycles. The topological polar surface area (TPSA) is 40.5 Å². The Bertz CT molecular complexity index is 439. The predicted octanol–water partition coefficient (Wildman–Crippen LogP) is 2.51. The number of hydrogen-bond acceptors (Lipinski definition) is 2. The second kappa shape index (κ2) is 6.15. The maximum absolute atomic E-state index is 13.4. The molecule has 0 aliphatic carbocycles. The monoisotopic (exact) mass is 265 g/mol. The Balaban J connectivity index is 2.20. The number of likely N-dealkylation sites (tertiary alicyclic amines) is 1. The van der Waals surface area contributed by atoms with Crippen LogP contribution in [0.15, 0.2) is 18.2 Å². The molecule has 1 aromatic rings. The molecule has 4 heteroatoms. The Hall–Kier alpha value is -1.42. The van der Waals surface area contributed by atoms with Crippen molar-refractivity contribution in [2.24, 2.45) is 0 Å². The van der Waals surface area contributed by atoms with Crippen molar-refractivity contribution >= 4 is 5.91 Å². The molecule has 1 saturated heterocycles. The number of amides is 1. The molecule has 0 saturated carbocycles. The van der Waals surface area contributed by atoms with Gasteiger partial charge in [0, 0.05) is 24.8 Å². The van der Waals surface area contributed by atoms with Crippen LogP contribution in [0.5, 0.6) is 0 Å². The van der Waals surface area contributed by atoms with Crippen molar-refractivity contribution in [1.29, 1.82) is 0 Å². The molecule has 0 spiro atoms. The zero-order valence-corrected chi connectivity index (χ0v) is 11.2. The fourth-order valence-electron chi connectivity index (χ4n) is 2.74. The van der Waals surface area contributed by atoms with Crippen LogP contribution in [0.4, 0.5) is 4.39 Å². The third-order valence-electron chi connectivity index (χ3n) is 3.64. The minimum Gasteiger partial charge on any atom is -0.396 e. The number of carbonyl (C=O) groups is 1. The Morgan fingerprint density at radius 2 is 2.21 bits per heavy atom. The van der Waals surface area contributed by atoms with Gasteiger partial charge in [0.05, 0.1) is 0 Å². The highest BCUT2D eigenvalue weighted by Gasteiger charge is 2.27. The van der Waals surface area contributed by atoms with Gasteiger partial charge in [-0.15, -0.1) is 0 Å². The van der Waals surface area contributed by atoms with Crippen LogP contribution in [-0.4, -0.2) is 35.1 Å². The molecule has 1 aliphatic rings. The summed E-state index contributed by atoms with van der Waals surface area (Å²) in [5.41, 5.74) is 1.15. The zero-order chi connectivity index (χ0) is 13.8. The number of benzene rings is 1. The van der Waals surface area contributed by atoms with Crippen LogP contribution in [0.1, 0.15) is 41.6 Å². The molecule has 1 aliphatic heterocycles. The van der Waals surface area contributed by atoms with Gasteiger partial charge in [-0.25, -0.2) is 4.39 Å². The van der Waals surface area contributed by atoms with Crippen molar-refractivity contribution in [3.63, 3.8) is 0 Å². The Morgan fingerprint density at radius 1 is 1.42 bits per heavy atom. The molecule has 0 radical (unpaired) electrons. The van der Waals surface area contributed by atoms with Crippen LogP contribution in [0, 0.1) is 12.7 Å². The number of piperidine rings is 1. The number of carbonyl (C=O) groups excluding carboxylic acids is 1. The molecule has 1 amide bonds. The molecule has 3 nitrogen and oxygen atoms in total. The molecule has 19 heavy (non-hydrogen) atoms. The summed E-state index contributed by atoms with van der Waals surface area (Å²) in [5.74, 6) is -0.500. The number of rotatable bonds is 3. The van der Waals surface area contributed by atoms with E-state index in [9.17, 15) is 9.18 Å². The SMILES string of the molecule is Cc1cc(F)cc(C(=O)N2CCCCC2CCO)c1. The van der Waals surface area contributed by atoms with Gasteiger partial charge in [-0.1, -0.05) is 0 Å². The van der Waals surface area contributed by atoms with E-state index in [0.29, 0.717) is 18.5 Å². The van der Waals surface area contributed by atoms with Crippen LogP contribution < -0.4 is 0 Å². The summed E-state index contributed by atoms with van der Waals surface area (Å²) in [6, 6.07) is 4.50. The fourth-order valence-corrected chi connectivity index (χ4v) is 2.74. The van der Waals surface area contributed by atoms with Gasteiger partial charge < -0.3 is 10.0 Å². The number of hydrogen-bond donors (Lipinski definition) is 1. The maximum Gasteiger partial charge on any atom is 0.254 e. The minimum atomic E-state index is -0.376. The van der Waals surface area contributed by atoms with Gasteiger partial charge >= 0.3 is 0 Å². The lowest BCUT2D eigenvalue weighted by Gasteiger charge is -2.35. The van der Waals surface area contributed by atoms with Gasteiger partial charge in [0.25, 0.3) is 5.91 Å². The molecule has 0 aromatic heterocycles. The molecule has 1 atom stereocenters. The summed E-state index contributed by atoms with van der Waals surface area (Å²) in [6.07, 6.45) is 3.57. The molecule has 1 fully saturated rings. The summed E-state index contributed by atoms with van der Waals surface area (Å²) < 4.78 is 13.4. The summed E-state index contributed by atoms with van der Waals surface area (Å²) in [5, 5.41) is 9.08. The van der Waals surface area contributed by atoms with Gasteiger partial charge in [0.15, 0.2) is 0 Å². The molecule has 1 N–H and O–H groups in total. The largest absolute Gasteiger partial charge is 0.396 e. The van der Waals surface area contributed by atoms with Gasteiger partial charge in [-0.05, 0) is 56.4 Å². The van der Waals surface area contributed by atoms with Crippen molar-refractivity contribution < 1.29 is 14.3 Å². The van der Waals surface area contributed by atoms with Crippen LogP contribution >= 0.6 is 0 Å². The van der Waals surface area contributed by atoms with E-state index in [-0.39, 0.29) is 24.4 Å². The first-order valence-corrected chi connectivity index (χ1v) is 6.81. The lowest BCUT2D eigenvalue weighted by molar-refractivity contribution is 0.0574. The fraction of sp³-hybridized carbons (Fsp3) is 0.533. The number of aliphatic hydroxyl groups excluding tert-OH is 1. The smallest absolute Gasteiger partial charge is 0.254 e. The van der Waals surface area contributed by atoms with Gasteiger partial charge in [0.2, 0.25) is 0 Å². The normalized spacial score (nSPS) is 19.5. The van der Waals surface area contributed by atoms with E-state index < -0.39 is 0 Å². The average Bonchev–Trinajstić information content (AvgIpc) is 2.38. The van der Waals surface area contributed by atoms with E-state index >= 15 is 0 Å². The Morgan fingerprint density at radius 3 is 2.89 bits per heavy atom. The van der Waals surface area contributed by atoms with Crippen molar-refractivity contribution in [1.82, 2.24) is 4.90 Å². The Labute approximate surface area is 113 Å². The maximum atomic E-state index is 13.4. The van der Waals surface area contributed by atoms with Crippen LogP contribution in [0.25, 0.3) is 0 Å². The van der Waals surface area contributed by atoms with Crippen LogP contribution in [0.2, 0.25) is 0 Å². The zero-order valence-electron chi connectivity index (χ0n) is 11.2. The van der Waals surface area contributed by atoms with Gasteiger partial charge in [0.1, 0.15) is 5.82 Å². The van der Waals surface area contributed by atoms with Crippen molar-refractivity contribution in [2.45, 2.75) is 38.6 Å². The van der Waals surface area contributed by atoms with E-state index in [1.54, 1.807) is 17.9 Å². The molecule has 1 unspecified atom stereocenters. The first kappa shape index (κ1) is 14.0. The third kappa shape index (κ3) is 3.32. The molecule has 2 rings (SSSR count). The first-order chi connectivity index (χ1) is 9.11. The minimum absolute atomic E-state index is 0.0785. The third-order valence-corrected chi connectivity index (χ3v) is 3.64. The van der Waals surface area contributed by atoms with E-state index in [1.165, 1.54) is 12.1 Å². The first-order valence-electron chi connectivity index (χ1n) is 6.81. The van der Waals surface area contributed by atoms with Crippen LogP contribution in [0.3, 0.4) is 0 Å².